The molecule has 1 amide bonds. The Kier molecular flexibility index (Phi) is 4.89. The molecular formula is C20H23N7O2. The van der Waals surface area contributed by atoms with Crippen LogP contribution in [0.3, 0.4) is 0 Å². The van der Waals surface area contributed by atoms with Gasteiger partial charge in [-0.3, -0.25) is 4.79 Å². The van der Waals surface area contributed by atoms with Crippen molar-refractivity contribution in [2.24, 2.45) is 0 Å². The Morgan fingerprint density at radius 1 is 1.31 bits per heavy atom. The van der Waals surface area contributed by atoms with E-state index in [1.165, 1.54) is 6.92 Å². The maximum atomic E-state index is 11.9. The van der Waals surface area contributed by atoms with Crippen LogP contribution in [0.2, 0.25) is 0 Å². The Hall–Kier alpha value is -3.46. The summed E-state index contributed by atoms with van der Waals surface area (Å²) in [6.45, 7) is 4.65. The minimum Gasteiger partial charge on any atom is -0.395 e. The lowest BCUT2D eigenvalue weighted by atomic mass is 10.1. The topological polar surface area (TPSA) is 115 Å². The number of imidazole rings is 1. The number of carbonyl (C=O) groups is 1. The Balaban J connectivity index is 1.93. The number of carbonyl (C=O) groups excluding carboxylic acids is 1. The van der Waals surface area contributed by atoms with Gasteiger partial charge >= 0.3 is 0 Å². The SMILES string of the molecule is CCN(Cc1nc2c(N)nc3cc(-n4cccn4)ccc3c2n1CCO)C(C)=O. The average molecular weight is 393 g/mol. The molecule has 0 atom stereocenters. The van der Waals surface area contributed by atoms with Crippen LogP contribution in [0, 0.1) is 0 Å². The summed E-state index contributed by atoms with van der Waals surface area (Å²) < 4.78 is 3.68. The summed E-state index contributed by atoms with van der Waals surface area (Å²) in [6.07, 6.45) is 3.57. The molecule has 0 aliphatic carbocycles. The third-order valence-corrected chi connectivity index (χ3v) is 5.02. The first-order chi connectivity index (χ1) is 14.0. The highest BCUT2D eigenvalue weighted by Gasteiger charge is 2.20. The van der Waals surface area contributed by atoms with Gasteiger partial charge in [0.25, 0.3) is 0 Å². The van der Waals surface area contributed by atoms with Crippen molar-refractivity contribution in [1.29, 1.82) is 0 Å². The third kappa shape index (κ3) is 3.29. The van der Waals surface area contributed by atoms with Crippen molar-refractivity contribution in [3.05, 3.63) is 42.5 Å². The number of pyridine rings is 1. The molecule has 0 fully saturated rings. The minimum atomic E-state index is -0.0558. The van der Waals surface area contributed by atoms with Gasteiger partial charge in [0.1, 0.15) is 11.3 Å². The van der Waals surface area contributed by atoms with Crippen molar-refractivity contribution in [2.75, 3.05) is 18.9 Å². The zero-order chi connectivity index (χ0) is 20.5. The maximum Gasteiger partial charge on any atom is 0.219 e. The number of aliphatic hydroxyl groups excluding tert-OH is 1. The third-order valence-electron chi connectivity index (χ3n) is 5.02. The van der Waals surface area contributed by atoms with E-state index in [9.17, 15) is 9.90 Å². The Morgan fingerprint density at radius 2 is 2.14 bits per heavy atom. The van der Waals surface area contributed by atoms with E-state index in [0.717, 1.165) is 16.6 Å². The van der Waals surface area contributed by atoms with Crippen molar-refractivity contribution in [2.45, 2.75) is 26.9 Å². The number of hydrogen-bond donors (Lipinski definition) is 2. The van der Waals surface area contributed by atoms with Gasteiger partial charge in [-0.25, -0.2) is 14.6 Å². The molecule has 3 heterocycles. The normalized spacial score (nSPS) is 11.4. The van der Waals surface area contributed by atoms with Crippen molar-refractivity contribution in [3.63, 3.8) is 0 Å². The number of amides is 1. The number of fused-ring (bicyclic) bond motifs is 3. The lowest BCUT2D eigenvalue weighted by Crippen LogP contribution is -2.29. The molecular weight excluding hydrogens is 370 g/mol. The second-order valence-electron chi connectivity index (χ2n) is 6.78. The van der Waals surface area contributed by atoms with Gasteiger partial charge in [-0.2, -0.15) is 5.10 Å². The number of aliphatic hydroxyl groups is 1. The van der Waals surface area contributed by atoms with Crippen molar-refractivity contribution >= 4 is 33.7 Å². The highest BCUT2D eigenvalue weighted by molar-refractivity contribution is 6.07. The zero-order valence-corrected chi connectivity index (χ0v) is 16.4. The molecule has 0 saturated heterocycles. The fourth-order valence-corrected chi connectivity index (χ4v) is 3.59. The van der Waals surface area contributed by atoms with Crippen LogP contribution in [0.1, 0.15) is 19.7 Å². The number of nitrogen functional groups attached to an aromatic ring is 1. The van der Waals surface area contributed by atoms with Crippen LogP contribution < -0.4 is 5.73 Å². The smallest absolute Gasteiger partial charge is 0.219 e. The Morgan fingerprint density at radius 3 is 2.79 bits per heavy atom. The van der Waals surface area contributed by atoms with E-state index in [2.05, 4.69) is 15.1 Å². The molecule has 0 bridgehead atoms. The largest absolute Gasteiger partial charge is 0.395 e. The molecule has 0 saturated carbocycles. The summed E-state index contributed by atoms with van der Waals surface area (Å²) in [5, 5.41) is 14.8. The van der Waals surface area contributed by atoms with Gasteiger partial charge in [0.05, 0.1) is 29.9 Å². The van der Waals surface area contributed by atoms with E-state index in [0.29, 0.717) is 42.3 Å². The molecule has 150 valence electrons. The van der Waals surface area contributed by atoms with Crippen molar-refractivity contribution in [1.82, 2.24) is 29.2 Å². The first kappa shape index (κ1) is 18.9. The molecule has 0 aliphatic heterocycles. The van der Waals surface area contributed by atoms with Gasteiger partial charge in [0.15, 0.2) is 5.82 Å². The molecule has 0 spiro atoms. The number of anilines is 1. The van der Waals surface area contributed by atoms with Crippen LogP contribution in [-0.2, 0) is 17.9 Å². The zero-order valence-electron chi connectivity index (χ0n) is 16.4. The number of benzene rings is 1. The number of aromatic nitrogens is 5. The summed E-state index contributed by atoms with van der Waals surface area (Å²) in [7, 11) is 0. The summed E-state index contributed by atoms with van der Waals surface area (Å²) in [6, 6.07) is 7.69. The molecule has 9 nitrogen and oxygen atoms in total. The molecule has 3 N–H and O–H groups in total. The van der Waals surface area contributed by atoms with Crippen LogP contribution in [-0.4, -0.2) is 53.4 Å². The number of nitrogens with zero attached hydrogens (tertiary/aromatic N) is 6. The van der Waals surface area contributed by atoms with Crippen LogP contribution >= 0.6 is 0 Å². The predicted octanol–water partition coefficient (Wildman–Crippen LogP) is 1.71. The first-order valence-corrected chi connectivity index (χ1v) is 9.48. The molecule has 0 radical (unpaired) electrons. The highest BCUT2D eigenvalue weighted by Crippen LogP contribution is 2.30. The van der Waals surface area contributed by atoms with E-state index in [-0.39, 0.29) is 12.5 Å². The molecule has 29 heavy (non-hydrogen) atoms. The average Bonchev–Trinajstić information content (AvgIpc) is 3.35. The quantitative estimate of drug-likeness (QED) is 0.515. The van der Waals surface area contributed by atoms with Gasteiger partial charge in [-0.15, -0.1) is 0 Å². The molecule has 0 unspecified atom stereocenters. The van der Waals surface area contributed by atoms with Crippen LogP contribution in [0.5, 0.6) is 0 Å². The van der Waals surface area contributed by atoms with Gasteiger partial charge in [-0.05, 0) is 31.2 Å². The van der Waals surface area contributed by atoms with E-state index in [4.69, 9.17) is 5.73 Å². The van der Waals surface area contributed by atoms with E-state index in [1.807, 2.05) is 42.0 Å². The Bertz CT molecular complexity index is 1180. The van der Waals surface area contributed by atoms with Gasteiger partial charge in [0, 0.05) is 37.8 Å². The number of hydrogen-bond acceptors (Lipinski definition) is 6. The van der Waals surface area contributed by atoms with Gasteiger partial charge in [0.2, 0.25) is 5.91 Å². The first-order valence-electron chi connectivity index (χ1n) is 9.48. The predicted molar refractivity (Wildman–Crippen MR) is 110 cm³/mol. The minimum absolute atomic E-state index is 0.0325. The summed E-state index contributed by atoms with van der Waals surface area (Å²) in [5.74, 6) is 0.951. The van der Waals surface area contributed by atoms with Gasteiger partial charge < -0.3 is 20.3 Å². The molecule has 4 aromatic rings. The van der Waals surface area contributed by atoms with Gasteiger partial charge in [-0.1, -0.05) is 0 Å². The van der Waals surface area contributed by atoms with E-state index in [1.54, 1.807) is 15.8 Å². The standard InChI is InChI=1S/C20H23N7O2/c1-3-25(13(2)29)12-17-24-18-19(26(17)9-10-28)15-6-5-14(27-8-4-7-22-27)11-16(15)23-20(18)21/h4-8,11,28H,3,9-10,12H2,1-2H3,(H2,21,23). The van der Waals surface area contributed by atoms with Crippen LogP contribution in [0.25, 0.3) is 27.6 Å². The van der Waals surface area contributed by atoms with Crippen molar-refractivity contribution in [3.8, 4) is 5.69 Å². The molecule has 3 aromatic heterocycles. The lowest BCUT2D eigenvalue weighted by Gasteiger charge is -2.19. The second kappa shape index (κ2) is 7.51. The summed E-state index contributed by atoms with van der Waals surface area (Å²) in [5.41, 5.74) is 9.21. The molecule has 4 rings (SSSR count). The number of nitrogens with two attached hydrogens (primary N) is 1. The highest BCUT2D eigenvalue weighted by atomic mass is 16.3. The van der Waals surface area contributed by atoms with Crippen LogP contribution in [0.15, 0.2) is 36.7 Å². The number of rotatable bonds is 6. The summed E-state index contributed by atoms with van der Waals surface area (Å²) >= 11 is 0. The van der Waals surface area contributed by atoms with Crippen molar-refractivity contribution < 1.29 is 9.90 Å². The van der Waals surface area contributed by atoms with Crippen LogP contribution in [0.4, 0.5) is 5.82 Å². The van der Waals surface area contributed by atoms with E-state index < -0.39 is 0 Å². The molecule has 1 aromatic carbocycles. The summed E-state index contributed by atoms with van der Waals surface area (Å²) in [4.78, 5) is 22.8. The fourth-order valence-electron chi connectivity index (χ4n) is 3.59. The fraction of sp³-hybridized carbons (Fsp3) is 0.300. The monoisotopic (exact) mass is 393 g/mol. The second-order valence-corrected chi connectivity index (χ2v) is 6.78. The maximum absolute atomic E-state index is 11.9. The molecule has 0 aliphatic rings. The van der Waals surface area contributed by atoms with E-state index >= 15 is 0 Å². The molecule has 9 heteroatoms. The lowest BCUT2D eigenvalue weighted by molar-refractivity contribution is -0.129. The Labute approximate surface area is 167 Å².